The fraction of sp³-hybridized carbons (Fsp3) is 0.200. The van der Waals surface area contributed by atoms with Crippen LogP contribution in [0, 0.1) is 0 Å². The molecule has 0 unspecified atom stereocenters. The molecule has 13 rings (SSSR count). The molecular weight excluding hydrogens is 989 g/mol. The highest BCUT2D eigenvalue weighted by molar-refractivity contribution is 6.28. The van der Waals surface area contributed by atoms with Gasteiger partial charge in [-0.05, 0) is 148 Å². The van der Waals surface area contributed by atoms with Crippen molar-refractivity contribution in [1.82, 2.24) is 4.57 Å². The van der Waals surface area contributed by atoms with Gasteiger partial charge in [-0.3, -0.25) is 0 Å². The van der Waals surface area contributed by atoms with Crippen molar-refractivity contribution in [2.24, 2.45) is 0 Å². The molecule has 0 saturated heterocycles. The van der Waals surface area contributed by atoms with Gasteiger partial charge in [0.1, 0.15) is 0 Å². The summed E-state index contributed by atoms with van der Waals surface area (Å²) in [6.07, 6.45) is 0. The second kappa shape index (κ2) is 19.5. The van der Waals surface area contributed by atoms with Gasteiger partial charge in [0.25, 0.3) is 0 Å². The Bertz CT molecular complexity index is 4440. The molecule has 82 heavy (non-hydrogen) atoms. The van der Waals surface area contributed by atoms with E-state index in [1.165, 1.54) is 104 Å². The number of hydrogen-bond acceptors (Lipinski definition) is 1. The lowest BCUT2D eigenvalue weighted by Crippen LogP contribution is -2.17. The number of hydrogen-bond donors (Lipinski definition) is 0. The molecule has 0 aliphatic rings. The highest BCUT2D eigenvalue weighted by Crippen LogP contribution is 2.54. The van der Waals surface area contributed by atoms with Crippen molar-refractivity contribution in [3.8, 4) is 50.2 Å². The summed E-state index contributed by atoms with van der Waals surface area (Å²) in [5.41, 5.74) is 21.4. The monoisotopic (exact) mass is 1060 g/mol. The van der Waals surface area contributed by atoms with Crippen molar-refractivity contribution in [1.29, 1.82) is 0 Å². The van der Waals surface area contributed by atoms with Crippen molar-refractivity contribution in [2.75, 3.05) is 4.90 Å². The number of benzene rings is 12. The Labute approximate surface area is 485 Å². The van der Waals surface area contributed by atoms with Gasteiger partial charge in [-0.1, -0.05) is 259 Å². The first-order valence-corrected chi connectivity index (χ1v) is 29.4. The summed E-state index contributed by atoms with van der Waals surface area (Å²) in [5.74, 6) is 0. The zero-order valence-corrected chi connectivity index (χ0v) is 49.8. The molecule has 404 valence electrons. The van der Waals surface area contributed by atoms with Gasteiger partial charge in [0.2, 0.25) is 0 Å². The Morgan fingerprint density at radius 2 is 0.720 bits per heavy atom. The van der Waals surface area contributed by atoms with E-state index in [0.717, 1.165) is 39.3 Å². The van der Waals surface area contributed by atoms with E-state index in [1.807, 2.05) is 0 Å². The second-order valence-electron chi connectivity index (χ2n) is 27.1. The number of fused-ring (bicyclic) bond motifs is 3. The summed E-state index contributed by atoms with van der Waals surface area (Å²) in [4.78, 5) is 2.64. The van der Waals surface area contributed by atoms with Gasteiger partial charge in [0.05, 0.1) is 33.8 Å². The molecule has 0 aliphatic heterocycles. The lowest BCUT2D eigenvalue weighted by molar-refractivity contribution is 0.589. The normalized spacial score (nSPS) is 12.6. The highest BCUT2D eigenvalue weighted by Gasteiger charge is 2.30. The van der Waals surface area contributed by atoms with Crippen LogP contribution in [0.15, 0.2) is 231 Å². The Hall–Kier alpha value is -8.72. The smallest absolute Gasteiger partial charge is 0.0618 e. The first-order valence-electron chi connectivity index (χ1n) is 29.4. The summed E-state index contributed by atoms with van der Waals surface area (Å²) in [7, 11) is 0. The highest BCUT2D eigenvalue weighted by atomic mass is 15.2. The largest absolute Gasteiger partial charge is 0.309 e. The van der Waals surface area contributed by atoms with Crippen LogP contribution in [0.4, 0.5) is 17.1 Å². The van der Waals surface area contributed by atoms with Crippen LogP contribution in [0.25, 0.3) is 104 Å². The minimum atomic E-state index is -0.121. The predicted molar refractivity (Wildman–Crippen MR) is 356 cm³/mol. The number of aromatic nitrogens is 1. The third kappa shape index (κ3) is 9.14. The van der Waals surface area contributed by atoms with E-state index in [2.05, 4.69) is 323 Å². The van der Waals surface area contributed by atoms with Crippen LogP contribution in [0.2, 0.25) is 0 Å². The number of nitrogens with zero attached hydrogens (tertiary/aromatic N) is 2. The van der Waals surface area contributed by atoms with Crippen molar-refractivity contribution in [2.45, 2.75) is 105 Å². The zero-order chi connectivity index (χ0) is 57.0. The molecule has 0 aliphatic carbocycles. The van der Waals surface area contributed by atoms with E-state index < -0.39 is 0 Å². The van der Waals surface area contributed by atoms with Crippen LogP contribution in [0.1, 0.15) is 105 Å². The van der Waals surface area contributed by atoms with E-state index in [-0.39, 0.29) is 21.7 Å². The van der Waals surface area contributed by atoms with E-state index in [9.17, 15) is 0 Å². The molecule has 0 N–H and O–H groups in total. The van der Waals surface area contributed by atoms with Crippen molar-refractivity contribution in [3.05, 3.63) is 253 Å². The topological polar surface area (TPSA) is 8.17 Å². The maximum atomic E-state index is 2.64. The van der Waals surface area contributed by atoms with Crippen molar-refractivity contribution in [3.63, 3.8) is 0 Å². The summed E-state index contributed by atoms with van der Waals surface area (Å²) >= 11 is 0. The standard InChI is InChI=1S/C80H74N2/c1-77(2,3)58-35-42-71(66(48-58)57-45-56(51-23-16-13-17-24-51)46-61(47-57)80(10,11)12)82(76-62(52-25-18-14-19-26-52)29-22-30-63(76)53-27-20-15-21-28-53)70-41-34-55-31-38-64-69(40-33-54-32-39-65(70)75(55)74(54)64)81-72-43-36-59(78(4,5)6)49-67(72)68-50-60(79(7,8)9)37-44-73(68)81/h13-50H,1-12H3. The molecular formula is C80H74N2. The van der Waals surface area contributed by atoms with Gasteiger partial charge >= 0.3 is 0 Å². The SMILES string of the molecule is CC(C)(C)c1cc(-c2ccccc2)cc(-c2cc(C(C)(C)C)ccc2N(c2c(-c3ccccc3)cccc2-c2ccccc2)c2ccc3ccc4c(-n5c6ccc(C(C)(C)C)cc6c6cc(C(C)(C)C)ccc65)ccc5ccc2c3c54)c1. The first kappa shape index (κ1) is 52.6. The third-order valence-corrected chi connectivity index (χ3v) is 17.3. The van der Waals surface area contributed by atoms with E-state index in [0.29, 0.717) is 0 Å². The maximum Gasteiger partial charge on any atom is 0.0618 e. The van der Waals surface area contributed by atoms with Crippen LogP contribution in [0.5, 0.6) is 0 Å². The molecule has 1 heterocycles. The Morgan fingerprint density at radius 3 is 1.26 bits per heavy atom. The van der Waals surface area contributed by atoms with E-state index >= 15 is 0 Å². The number of anilines is 3. The molecule has 0 radical (unpaired) electrons. The van der Waals surface area contributed by atoms with Gasteiger partial charge < -0.3 is 9.47 Å². The predicted octanol–water partition coefficient (Wildman–Crippen LogP) is 23.0. The number of para-hydroxylation sites is 1. The van der Waals surface area contributed by atoms with Gasteiger partial charge in [-0.2, -0.15) is 0 Å². The van der Waals surface area contributed by atoms with E-state index in [1.54, 1.807) is 0 Å². The maximum absolute atomic E-state index is 2.64. The Balaban J connectivity index is 1.15. The van der Waals surface area contributed by atoms with Gasteiger partial charge in [-0.15, -0.1) is 0 Å². The zero-order valence-electron chi connectivity index (χ0n) is 49.8. The minimum absolute atomic E-state index is 0.00324. The quantitative estimate of drug-likeness (QED) is 0.138. The molecule has 0 spiro atoms. The molecule has 12 aromatic carbocycles. The van der Waals surface area contributed by atoms with Crippen molar-refractivity contribution >= 4 is 71.2 Å². The van der Waals surface area contributed by atoms with Gasteiger partial charge in [0, 0.05) is 38.2 Å². The van der Waals surface area contributed by atoms with Crippen LogP contribution in [-0.2, 0) is 21.7 Å². The molecule has 2 nitrogen and oxygen atoms in total. The molecule has 0 saturated carbocycles. The fourth-order valence-corrected chi connectivity index (χ4v) is 12.7. The van der Waals surface area contributed by atoms with Crippen LogP contribution >= 0.6 is 0 Å². The molecule has 0 atom stereocenters. The lowest BCUT2D eigenvalue weighted by atomic mass is 9.81. The summed E-state index contributed by atoms with van der Waals surface area (Å²) in [6, 6.07) is 87.8. The first-order chi connectivity index (χ1) is 39.2. The molecule has 0 amide bonds. The van der Waals surface area contributed by atoms with Gasteiger partial charge in [-0.25, -0.2) is 0 Å². The lowest BCUT2D eigenvalue weighted by Gasteiger charge is -2.34. The fourth-order valence-electron chi connectivity index (χ4n) is 12.7. The van der Waals surface area contributed by atoms with Gasteiger partial charge in [0.15, 0.2) is 0 Å². The summed E-state index contributed by atoms with van der Waals surface area (Å²) in [5, 5.41) is 9.99. The van der Waals surface area contributed by atoms with E-state index in [4.69, 9.17) is 0 Å². The van der Waals surface area contributed by atoms with Crippen LogP contribution < -0.4 is 4.90 Å². The minimum Gasteiger partial charge on any atom is -0.309 e. The summed E-state index contributed by atoms with van der Waals surface area (Å²) < 4.78 is 2.54. The summed E-state index contributed by atoms with van der Waals surface area (Å²) in [6.45, 7) is 27.9. The third-order valence-electron chi connectivity index (χ3n) is 17.3. The van der Waals surface area contributed by atoms with Crippen LogP contribution in [0.3, 0.4) is 0 Å². The molecule has 2 heteroatoms. The average molecular weight is 1060 g/mol. The Morgan fingerprint density at radius 1 is 0.280 bits per heavy atom. The molecule has 0 bridgehead atoms. The molecule has 13 aromatic rings. The molecule has 1 aromatic heterocycles. The number of rotatable bonds is 8. The Kier molecular flexibility index (Phi) is 12.5. The second-order valence-corrected chi connectivity index (χ2v) is 27.1. The van der Waals surface area contributed by atoms with Crippen LogP contribution in [-0.4, -0.2) is 4.57 Å². The molecule has 0 fully saturated rings. The average Bonchev–Trinajstić information content (AvgIpc) is 3.82. The van der Waals surface area contributed by atoms with Crippen molar-refractivity contribution < 1.29 is 0 Å².